The van der Waals surface area contributed by atoms with Crippen molar-refractivity contribution in [2.24, 2.45) is 29.5 Å². The van der Waals surface area contributed by atoms with E-state index in [4.69, 9.17) is 11.6 Å². The highest BCUT2D eigenvalue weighted by molar-refractivity contribution is 6.30. The molecule has 17 heavy (non-hydrogen) atoms. The highest BCUT2D eigenvalue weighted by Gasteiger charge is 1.92. The van der Waals surface area contributed by atoms with Crippen molar-refractivity contribution >= 4 is 17.3 Å². The monoisotopic (exact) mass is 249 g/mol. The predicted octanol–water partition coefficient (Wildman–Crippen LogP) is 2.62. The largest absolute Gasteiger partial charge is 0.319 e. The lowest BCUT2D eigenvalue weighted by atomic mass is 10.3. The Labute approximate surface area is 104 Å². The molecular formula is C11H12ClN5. The van der Waals surface area contributed by atoms with E-state index < -0.39 is 0 Å². The summed E-state index contributed by atoms with van der Waals surface area (Å²) in [5.74, 6) is 0. The standard InChI is InChI=1S/C11H12ClN5/c1-16-7-8-17(2)11(16)14-15-13-10-5-3-9(12)4-6-10/h3-8H,1-2H3. The Balaban J connectivity index is 2.23. The fraction of sp³-hybridized carbons (Fsp3) is 0.182. The molecule has 0 aliphatic heterocycles. The maximum absolute atomic E-state index is 5.77. The van der Waals surface area contributed by atoms with Gasteiger partial charge in [-0.1, -0.05) is 16.7 Å². The Bertz CT molecular complexity index is 569. The third-order valence-electron chi connectivity index (χ3n) is 2.27. The molecule has 0 fully saturated rings. The van der Waals surface area contributed by atoms with Crippen LogP contribution in [0.15, 0.2) is 52.1 Å². The molecule has 0 saturated heterocycles. The van der Waals surface area contributed by atoms with Crippen LogP contribution in [0.1, 0.15) is 0 Å². The van der Waals surface area contributed by atoms with E-state index in [2.05, 4.69) is 15.4 Å². The van der Waals surface area contributed by atoms with Crippen molar-refractivity contribution in [3.63, 3.8) is 0 Å². The summed E-state index contributed by atoms with van der Waals surface area (Å²) in [5, 5.41) is 12.5. The number of aromatic nitrogens is 2. The van der Waals surface area contributed by atoms with Crippen LogP contribution in [0.5, 0.6) is 0 Å². The molecule has 0 bridgehead atoms. The average molecular weight is 250 g/mol. The van der Waals surface area contributed by atoms with Gasteiger partial charge in [-0.05, 0) is 29.5 Å². The van der Waals surface area contributed by atoms with Crippen molar-refractivity contribution in [3.05, 3.63) is 47.3 Å². The topological polar surface area (TPSA) is 46.9 Å². The zero-order chi connectivity index (χ0) is 12.3. The molecule has 0 spiro atoms. The van der Waals surface area contributed by atoms with Crippen LogP contribution in [0.3, 0.4) is 0 Å². The third-order valence-corrected chi connectivity index (χ3v) is 2.52. The predicted molar refractivity (Wildman–Crippen MR) is 65.9 cm³/mol. The Kier molecular flexibility index (Phi) is 3.39. The van der Waals surface area contributed by atoms with E-state index in [1.165, 1.54) is 0 Å². The molecule has 0 radical (unpaired) electrons. The molecule has 0 amide bonds. The summed E-state index contributed by atoms with van der Waals surface area (Å²) in [5.41, 5.74) is 1.44. The van der Waals surface area contributed by atoms with E-state index in [1.807, 2.05) is 35.6 Å². The zero-order valence-electron chi connectivity index (χ0n) is 9.58. The SMILES string of the molecule is Cn1ccn(C)c1=NN=Nc1ccc(Cl)cc1. The van der Waals surface area contributed by atoms with E-state index >= 15 is 0 Å². The minimum atomic E-state index is 0.676. The fourth-order valence-corrected chi connectivity index (χ4v) is 1.47. The molecule has 1 aromatic carbocycles. The van der Waals surface area contributed by atoms with Gasteiger partial charge in [0.2, 0.25) is 5.62 Å². The number of halogens is 1. The first-order valence-corrected chi connectivity index (χ1v) is 5.43. The van der Waals surface area contributed by atoms with E-state index in [9.17, 15) is 0 Å². The first-order chi connectivity index (χ1) is 8.16. The Morgan fingerprint density at radius 2 is 1.59 bits per heavy atom. The zero-order valence-corrected chi connectivity index (χ0v) is 10.3. The summed E-state index contributed by atoms with van der Waals surface area (Å²) in [6.45, 7) is 0. The minimum absolute atomic E-state index is 0.676. The lowest BCUT2D eigenvalue weighted by Gasteiger charge is -1.92. The van der Waals surface area contributed by atoms with Crippen LogP contribution in [-0.4, -0.2) is 9.13 Å². The normalized spacial score (nSPS) is 11.0. The lowest BCUT2D eigenvalue weighted by molar-refractivity contribution is 0.718. The molecule has 5 nitrogen and oxygen atoms in total. The third kappa shape index (κ3) is 2.82. The maximum atomic E-state index is 5.77. The number of aryl methyl sites for hydroxylation is 2. The van der Waals surface area contributed by atoms with Crippen LogP contribution in [0.25, 0.3) is 0 Å². The van der Waals surface area contributed by atoms with E-state index in [-0.39, 0.29) is 0 Å². The van der Waals surface area contributed by atoms with Gasteiger partial charge in [0.1, 0.15) is 0 Å². The Morgan fingerprint density at radius 3 is 2.18 bits per heavy atom. The number of rotatable bonds is 2. The average Bonchev–Trinajstić information content (AvgIpc) is 2.63. The molecule has 6 heteroatoms. The number of hydrogen-bond acceptors (Lipinski definition) is 2. The molecule has 0 aliphatic rings. The molecule has 0 aliphatic carbocycles. The van der Waals surface area contributed by atoms with Crippen LogP contribution in [0.2, 0.25) is 5.02 Å². The van der Waals surface area contributed by atoms with Gasteiger partial charge in [-0.3, -0.25) is 0 Å². The summed E-state index contributed by atoms with van der Waals surface area (Å²) in [4.78, 5) is 0. The molecule has 0 saturated carbocycles. The van der Waals surface area contributed by atoms with Gasteiger partial charge in [-0.2, -0.15) is 0 Å². The highest BCUT2D eigenvalue weighted by atomic mass is 35.5. The molecule has 2 rings (SSSR count). The van der Waals surface area contributed by atoms with Crippen molar-refractivity contribution in [2.75, 3.05) is 0 Å². The first-order valence-electron chi connectivity index (χ1n) is 5.05. The van der Waals surface area contributed by atoms with Crippen LogP contribution < -0.4 is 5.62 Å². The van der Waals surface area contributed by atoms with Crippen molar-refractivity contribution < 1.29 is 0 Å². The van der Waals surface area contributed by atoms with Crippen LogP contribution >= 0.6 is 11.6 Å². The smallest absolute Gasteiger partial charge is 0.231 e. The number of benzene rings is 1. The molecule has 0 unspecified atom stereocenters. The Morgan fingerprint density at radius 1 is 1.00 bits per heavy atom. The van der Waals surface area contributed by atoms with Gasteiger partial charge in [0.05, 0.1) is 5.69 Å². The van der Waals surface area contributed by atoms with Crippen molar-refractivity contribution in [3.8, 4) is 0 Å². The van der Waals surface area contributed by atoms with Gasteiger partial charge >= 0.3 is 0 Å². The van der Waals surface area contributed by atoms with Gasteiger partial charge in [-0.15, -0.1) is 5.11 Å². The van der Waals surface area contributed by atoms with Gasteiger partial charge in [0, 0.05) is 31.5 Å². The second kappa shape index (κ2) is 4.97. The molecule has 0 atom stereocenters. The highest BCUT2D eigenvalue weighted by Crippen LogP contribution is 2.16. The van der Waals surface area contributed by atoms with Gasteiger partial charge in [0.25, 0.3) is 0 Å². The number of imidazole rings is 1. The number of hydrogen-bond donors (Lipinski definition) is 0. The van der Waals surface area contributed by atoms with E-state index in [1.54, 1.807) is 24.3 Å². The van der Waals surface area contributed by atoms with Crippen molar-refractivity contribution in [1.82, 2.24) is 9.13 Å². The molecule has 88 valence electrons. The van der Waals surface area contributed by atoms with Gasteiger partial charge in [0.15, 0.2) is 0 Å². The van der Waals surface area contributed by atoms with Crippen LogP contribution in [0.4, 0.5) is 5.69 Å². The van der Waals surface area contributed by atoms with Gasteiger partial charge in [-0.25, -0.2) is 0 Å². The summed E-state index contributed by atoms with van der Waals surface area (Å²) in [6, 6.07) is 7.09. The molecular weight excluding hydrogens is 238 g/mol. The second-order valence-corrected chi connectivity index (χ2v) is 4.02. The molecule has 0 N–H and O–H groups in total. The molecule has 2 aromatic rings. The summed E-state index contributed by atoms with van der Waals surface area (Å²) in [6.07, 6.45) is 3.80. The number of nitrogens with zero attached hydrogens (tertiary/aromatic N) is 5. The van der Waals surface area contributed by atoms with Crippen molar-refractivity contribution in [1.29, 1.82) is 0 Å². The molecule has 1 aromatic heterocycles. The summed E-state index contributed by atoms with van der Waals surface area (Å²) in [7, 11) is 3.80. The summed E-state index contributed by atoms with van der Waals surface area (Å²) < 4.78 is 3.72. The minimum Gasteiger partial charge on any atom is -0.319 e. The van der Waals surface area contributed by atoms with E-state index in [0.29, 0.717) is 5.02 Å². The van der Waals surface area contributed by atoms with E-state index in [0.717, 1.165) is 11.3 Å². The maximum Gasteiger partial charge on any atom is 0.231 e. The van der Waals surface area contributed by atoms with Crippen molar-refractivity contribution in [2.45, 2.75) is 0 Å². The second-order valence-electron chi connectivity index (χ2n) is 3.59. The van der Waals surface area contributed by atoms with Crippen LogP contribution in [0, 0.1) is 0 Å². The fourth-order valence-electron chi connectivity index (χ4n) is 1.34. The van der Waals surface area contributed by atoms with Crippen LogP contribution in [-0.2, 0) is 14.1 Å². The van der Waals surface area contributed by atoms with Gasteiger partial charge < -0.3 is 9.13 Å². The Hall–Kier alpha value is -1.88. The molecule has 1 heterocycles. The summed E-state index contributed by atoms with van der Waals surface area (Å²) >= 11 is 5.77. The quantitative estimate of drug-likeness (QED) is 0.580. The first kappa shape index (κ1) is 11.6. The lowest BCUT2D eigenvalue weighted by Crippen LogP contribution is -2.20.